The summed E-state index contributed by atoms with van der Waals surface area (Å²) < 4.78 is 16.9. The molecule has 0 N–H and O–H groups in total. The number of esters is 3. The molecule has 0 fully saturated rings. The maximum Gasteiger partial charge on any atom is 0.306 e. The van der Waals surface area contributed by atoms with E-state index in [1.807, 2.05) is 0 Å². The van der Waals surface area contributed by atoms with Gasteiger partial charge in [-0.1, -0.05) is 321 Å². The first-order valence-electron chi connectivity index (χ1n) is 34.3. The van der Waals surface area contributed by atoms with Crippen molar-refractivity contribution in [2.45, 2.75) is 393 Å². The summed E-state index contributed by atoms with van der Waals surface area (Å²) in [5.41, 5.74) is 0. The van der Waals surface area contributed by atoms with Crippen LogP contribution in [0.25, 0.3) is 0 Å². The summed E-state index contributed by atoms with van der Waals surface area (Å²) in [6, 6.07) is 0. The van der Waals surface area contributed by atoms with E-state index in [2.05, 4.69) is 45.1 Å². The third-order valence-corrected chi connectivity index (χ3v) is 15.7. The number of rotatable bonds is 64. The van der Waals surface area contributed by atoms with E-state index >= 15 is 0 Å². The third-order valence-electron chi connectivity index (χ3n) is 15.7. The van der Waals surface area contributed by atoms with Crippen molar-refractivity contribution in [1.82, 2.24) is 0 Å². The second kappa shape index (κ2) is 65.4. The van der Waals surface area contributed by atoms with Crippen LogP contribution in [0.4, 0.5) is 0 Å². The molecule has 0 heterocycles. The second-order valence-electron chi connectivity index (χ2n) is 23.4. The quantitative estimate of drug-likeness (QED) is 0.0261. The smallest absolute Gasteiger partial charge is 0.306 e. The largest absolute Gasteiger partial charge is 0.462 e. The number of allylic oxidation sites excluding steroid dienone is 4. The van der Waals surface area contributed by atoms with Gasteiger partial charge in [0.25, 0.3) is 0 Å². The van der Waals surface area contributed by atoms with Gasteiger partial charge >= 0.3 is 17.9 Å². The third kappa shape index (κ3) is 62.7. The zero-order valence-electron chi connectivity index (χ0n) is 51.6. The van der Waals surface area contributed by atoms with Crippen molar-refractivity contribution in [3.63, 3.8) is 0 Å². The Morgan fingerprint density at radius 3 is 0.658 bits per heavy atom. The topological polar surface area (TPSA) is 78.9 Å². The van der Waals surface area contributed by atoms with Crippen molar-refractivity contribution >= 4 is 17.9 Å². The summed E-state index contributed by atoms with van der Waals surface area (Å²) >= 11 is 0. The fourth-order valence-electron chi connectivity index (χ4n) is 10.5. The average molecular weight is 1070 g/mol. The van der Waals surface area contributed by atoms with Crippen LogP contribution in [0.3, 0.4) is 0 Å². The number of carbonyl (C=O) groups is 3. The van der Waals surface area contributed by atoms with Crippen LogP contribution in [0.15, 0.2) is 24.3 Å². The number of unbranched alkanes of at least 4 members (excludes halogenated alkanes) is 49. The van der Waals surface area contributed by atoms with Gasteiger partial charge in [-0.05, 0) is 70.6 Å². The van der Waals surface area contributed by atoms with Crippen molar-refractivity contribution in [3.05, 3.63) is 24.3 Å². The Morgan fingerprint density at radius 2 is 0.434 bits per heavy atom. The Labute approximate surface area is 474 Å². The molecule has 6 heteroatoms. The number of hydrogen-bond donors (Lipinski definition) is 0. The molecule has 0 amide bonds. The standard InChI is InChI=1S/C70H132O6/c1-4-7-10-13-16-19-22-24-26-28-30-31-32-33-34-35-36-37-38-39-40-42-43-45-48-51-54-57-60-63-69(72)75-66-67(65-74-68(71)62-59-56-53-50-47-21-18-15-12-9-6-3)76-70(73)64-61-58-55-52-49-46-44-41-29-27-25-23-20-17-14-11-8-5-2/h27-30,67H,4-26,31-66H2,1-3H3/b29-27-,30-28-. The van der Waals surface area contributed by atoms with Crippen LogP contribution >= 0.6 is 0 Å². The summed E-state index contributed by atoms with van der Waals surface area (Å²) in [7, 11) is 0. The van der Waals surface area contributed by atoms with Gasteiger partial charge < -0.3 is 14.2 Å². The maximum absolute atomic E-state index is 12.9. The molecular formula is C70H132O6. The molecule has 448 valence electrons. The van der Waals surface area contributed by atoms with E-state index in [0.29, 0.717) is 19.3 Å². The number of ether oxygens (including phenoxy) is 3. The number of hydrogen-bond acceptors (Lipinski definition) is 6. The van der Waals surface area contributed by atoms with Gasteiger partial charge in [0.15, 0.2) is 6.10 Å². The summed E-state index contributed by atoms with van der Waals surface area (Å²) in [4.78, 5) is 38.3. The first-order chi connectivity index (χ1) is 37.5. The summed E-state index contributed by atoms with van der Waals surface area (Å²) in [6.45, 7) is 6.69. The van der Waals surface area contributed by atoms with Gasteiger partial charge in [-0.2, -0.15) is 0 Å². The lowest BCUT2D eigenvalue weighted by Gasteiger charge is -2.18. The summed E-state index contributed by atoms with van der Waals surface area (Å²) in [6.07, 6.45) is 79.3. The molecule has 0 saturated carbocycles. The van der Waals surface area contributed by atoms with Crippen molar-refractivity contribution in [2.75, 3.05) is 13.2 Å². The van der Waals surface area contributed by atoms with Crippen LogP contribution in [-0.2, 0) is 28.6 Å². The molecular weight excluding hydrogens is 937 g/mol. The Morgan fingerprint density at radius 1 is 0.250 bits per heavy atom. The zero-order chi connectivity index (χ0) is 55.0. The molecule has 0 aromatic heterocycles. The summed E-state index contributed by atoms with van der Waals surface area (Å²) in [5.74, 6) is -0.844. The fourth-order valence-corrected chi connectivity index (χ4v) is 10.5. The predicted molar refractivity (Wildman–Crippen MR) is 330 cm³/mol. The van der Waals surface area contributed by atoms with Crippen molar-refractivity contribution < 1.29 is 28.6 Å². The molecule has 0 aromatic rings. The first-order valence-corrected chi connectivity index (χ1v) is 34.3. The van der Waals surface area contributed by atoms with Crippen molar-refractivity contribution in [1.29, 1.82) is 0 Å². The lowest BCUT2D eigenvalue weighted by molar-refractivity contribution is -0.167. The van der Waals surface area contributed by atoms with Gasteiger partial charge in [0.05, 0.1) is 0 Å². The number of carbonyl (C=O) groups excluding carboxylic acids is 3. The molecule has 0 saturated heterocycles. The van der Waals surface area contributed by atoms with Gasteiger partial charge in [0.2, 0.25) is 0 Å². The fraction of sp³-hybridized carbons (Fsp3) is 0.900. The molecule has 0 radical (unpaired) electrons. The highest BCUT2D eigenvalue weighted by atomic mass is 16.6. The van der Waals surface area contributed by atoms with Crippen LogP contribution in [-0.4, -0.2) is 37.2 Å². The van der Waals surface area contributed by atoms with Crippen LogP contribution in [0.5, 0.6) is 0 Å². The van der Waals surface area contributed by atoms with E-state index < -0.39 is 6.10 Å². The molecule has 1 unspecified atom stereocenters. The van der Waals surface area contributed by atoms with Crippen LogP contribution < -0.4 is 0 Å². The molecule has 0 spiro atoms. The van der Waals surface area contributed by atoms with E-state index in [-0.39, 0.29) is 31.1 Å². The molecule has 1 atom stereocenters. The molecule has 0 aliphatic heterocycles. The minimum absolute atomic E-state index is 0.0671. The highest BCUT2D eigenvalue weighted by Crippen LogP contribution is 2.18. The molecule has 76 heavy (non-hydrogen) atoms. The van der Waals surface area contributed by atoms with E-state index in [9.17, 15) is 14.4 Å². The lowest BCUT2D eigenvalue weighted by atomic mass is 10.0. The van der Waals surface area contributed by atoms with Crippen molar-refractivity contribution in [2.24, 2.45) is 0 Å². The Bertz CT molecular complexity index is 1230. The van der Waals surface area contributed by atoms with Gasteiger partial charge in [-0.25, -0.2) is 0 Å². The van der Waals surface area contributed by atoms with E-state index in [0.717, 1.165) is 57.8 Å². The van der Waals surface area contributed by atoms with Gasteiger partial charge in [0, 0.05) is 19.3 Å². The second-order valence-corrected chi connectivity index (χ2v) is 23.4. The highest BCUT2D eigenvalue weighted by Gasteiger charge is 2.19. The highest BCUT2D eigenvalue weighted by molar-refractivity contribution is 5.71. The molecule has 6 nitrogen and oxygen atoms in total. The SMILES string of the molecule is CCCCCCCCC/C=C\CCCCCCCCCC(=O)OC(COC(=O)CCCCCCCCCCCCC)COC(=O)CCCCCCCCCCCCCCCCCCC/C=C\CCCCCCCCCC. The van der Waals surface area contributed by atoms with Gasteiger partial charge in [-0.15, -0.1) is 0 Å². The van der Waals surface area contributed by atoms with E-state index in [1.165, 1.54) is 289 Å². The lowest BCUT2D eigenvalue weighted by Crippen LogP contribution is -2.30. The minimum Gasteiger partial charge on any atom is -0.462 e. The van der Waals surface area contributed by atoms with Gasteiger partial charge in [0.1, 0.15) is 13.2 Å². The molecule has 0 rings (SSSR count). The van der Waals surface area contributed by atoms with E-state index in [4.69, 9.17) is 14.2 Å². The Kier molecular flexibility index (Phi) is 63.6. The van der Waals surface area contributed by atoms with Gasteiger partial charge in [-0.3, -0.25) is 14.4 Å². The Balaban J connectivity index is 4.13. The van der Waals surface area contributed by atoms with E-state index in [1.54, 1.807) is 0 Å². The van der Waals surface area contributed by atoms with Crippen LogP contribution in [0.1, 0.15) is 387 Å². The molecule has 0 aliphatic carbocycles. The van der Waals surface area contributed by atoms with Crippen LogP contribution in [0, 0.1) is 0 Å². The average Bonchev–Trinajstić information content (AvgIpc) is 3.42. The zero-order valence-corrected chi connectivity index (χ0v) is 51.6. The maximum atomic E-state index is 12.9. The molecule has 0 aromatic carbocycles. The normalized spacial score (nSPS) is 12.1. The summed E-state index contributed by atoms with van der Waals surface area (Å²) in [5, 5.41) is 0. The van der Waals surface area contributed by atoms with Crippen molar-refractivity contribution in [3.8, 4) is 0 Å². The van der Waals surface area contributed by atoms with Crippen LogP contribution in [0.2, 0.25) is 0 Å². The Hall–Kier alpha value is -2.11. The monoisotopic (exact) mass is 1070 g/mol. The predicted octanol–water partition coefficient (Wildman–Crippen LogP) is 23.4. The first kappa shape index (κ1) is 73.9. The molecule has 0 aliphatic rings. The molecule has 0 bridgehead atoms. The minimum atomic E-state index is -0.769.